The Morgan fingerprint density at radius 2 is 1.89 bits per heavy atom. The molecule has 0 fully saturated rings. The van der Waals surface area contributed by atoms with Crippen LogP contribution in [0.1, 0.15) is 38.9 Å². The predicted octanol–water partition coefficient (Wildman–Crippen LogP) is 2.07. The zero-order valence-electron chi connectivity index (χ0n) is 11.2. The molecule has 2 atom stereocenters. The van der Waals surface area contributed by atoms with E-state index >= 15 is 0 Å². The maximum Gasteiger partial charge on any atom is 0.224 e. The zero-order valence-corrected chi connectivity index (χ0v) is 11.2. The molecule has 0 heterocycles. The number of rotatable bonds is 6. The summed E-state index contributed by atoms with van der Waals surface area (Å²) in [6, 6.07) is 7.30. The van der Waals surface area contributed by atoms with Crippen molar-refractivity contribution in [3.63, 3.8) is 0 Å². The fourth-order valence-corrected chi connectivity index (χ4v) is 1.74. The topological polar surface area (TPSA) is 61.4 Å². The lowest BCUT2D eigenvalue weighted by atomic mass is 10.0. The Bertz CT molecular complexity index is 376. The molecule has 2 unspecified atom stereocenters. The average Bonchev–Trinajstić information content (AvgIpc) is 2.39. The summed E-state index contributed by atoms with van der Waals surface area (Å²) in [6.45, 7) is 6.59. The number of hydrogen-bond donors (Lipinski definition) is 3. The molecule has 1 aromatic carbocycles. The molecule has 1 amide bonds. The smallest absolute Gasteiger partial charge is 0.224 e. The standard InChI is InChI=1S/C14H22N2O2/c1-4-13(17)16-12-8-6-11(7-9-12)14(18)10(3)15-5-2/h6-10,14-15,18H,4-5H2,1-3H3,(H,16,17). The monoisotopic (exact) mass is 250 g/mol. The molecule has 0 aliphatic carbocycles. The van der Waals surface area contributed by atoms with E-state index in [1.807, 2.05) is 45.0 Å². The number of benzene rings is 1. The van der Waals surface area contributed by atoms with Crippen molar-refractivity contribution in [3.05, 3.63) is 29.8 Å². The number of nitrogens with one attached hydrogen (secondary N) is 2. The number of anilines is 1. The van der Waals surface area contributed by atoms with Gasteiger partial charge in [0.25, 0.3) is 0 Å². The van der Waals surface area contributed by atoms with Crippen LogP contribution in [0.25, 0.3) is 0 Å². The lowest BCUT2D eigenvalue weighted by Crippen LogP contribution is -2.31. The average molecular weight is 250 g/mol. The van der Waals surface area contributed by atoms with Gasteiger partial charge in [0.1, 0.15) is 0 Å². The lowest BCUT2D eigenvalue weighted by Gasteiger charge is -2.20. The number of hydrogen-bond acceptors (Lipinski definition) is 3. The van der Waals surface area contributed by atoms with Gasteiger partial charge in [-0.2, -0.15) is 0 Å². The van der Waals surface area contributed by atoms with E-state index in [-0.39, 0.29) is 11.9 Å². The van der Waals surface area contributed by atoms with Crippen LogP contribution in [-0.2, 0) is 4.79 Å². The highest BCUT2D eigenvalue weighted by molar-refractivity contribution is 5.90. The van der Waals surface area contributed by atoms with Crippen molar-refractivity contribution in [3.8, 4) is 0 Å². The van der Waals surface area contributed by atoms with E-state index in [9.17, 15) is 9.90 Å². The lowest BCUT2D eigenvalue weighted by molar-refractivity contribution is -0.115. The Balaban J connectivity index is 2.67. The van der Waals surface area contributed by atoms with Gasteiger partial charge < -0.3 is 15.7 Å². The summed E-state index contributed by atoms with van der Waals surface area (Å²) in [4.78, 5) is 11.2. The molecule has 1 aromatic rings. The molecular formula is C14H22N2O2. The zero-order chi connectivity index (χ0) is 13.5. The number of carbonyl (C=O) groups excluding carboxylic acids is 1. The molecule has 0 aliphatic heterocycles. The van der Waals surface area contributed by atoms with Crippen LogP contribution in [0.5, 0.6) is 0 Å². The first-order valence-electron chi connectivity index (χ1n) is 6.39. The first-order valence-corrected chi connectivity index (χ1v) is 6.39. The Hall–Kier alpha value is -1.39. The van der Waals surface area contributed by atoms with Gasteiger partial charge in [0, 0.05) is 18.2 Å². The van der Waals surface area contributed by atoms with Crippen LogP contribution in [0, 0.1) is 0 Å². The normalized spacial score (nSPS) is 14.0. The third-order valence-electron chi connectivity index (χ3n) is 2.86. The van der Waals surface area contributed by atoms with Crippen LogP contribution in [-0.4, -0.2) is 23.6 Å². The first kappa shape index (κ1) is 14.7. The van der Waals surface area contributed by atoms with E-state index in [0.717, 1.165) is 17.8 Å². The van der Waals surface area contributed by atoms with Crippen molar-refractivity contribution < 1.29 is 9.90 Å². The van der Waals surface area contributed by atoms with Gasteiger partial charge in [-0.05, 0) is 31.2 Å². The molecule has 0 radical (unpaired) electrons. The number of likely N-dealkylation sites (N-methyl/N-ethyl adjacent to an activating group) is 1. The molecule has 4 heteroatoms. The molecule has 100 valence electrons. The van der Waals surface area contributed by atoms with Crippen molar-refractivity contribution in [2.45, 2.75) is 39.3 Å². The highest BCUT2D eigenvalue weighted by atomic mass is 16.3. The minimum Gasteiger partial charge on any atom is -0.387 e. The van der Waals surface area contributed by atoms with Crippen LogP contribution in [0.3, 0.4) is 0 Å². The van der Waals surface area contributed by atoms with Crippen LogP contribution in [0.4, 0.5) is 5.69 Å². The van der Waals surface area contributed by atoms with E-state index in [1.165, 1.54) is 0 Å². The second-order valence-corrected chi connectivity index (χ2v) is 4.31. The van der Waals surface area contributed by atoms with Crippen molar-refractivity contribution >= 4 is 11.6 Å². The molecule has 3 N–H and O–H groups in total. The van der Waals surface area contributed by atoms with Gasteiger partial charge in [0.15, 0.2) is 0 Å². The van der Waals surface area contributed by atoms with Gasteiger partial charge in [-0.3, -0.25) is 4.79 Å². The molecule has 0 saturated heterocycles. The first-order chi connectivity index (χ1) is 8.58. The second-order valence-electron chi connectivity index (χ2n) is 4.31. The Labute approximate surface area is 108 Å². The summed E-state index contributed by atoms with van der Waals surface area (Å²) < 4.78 is 0. The highest BCUT2D eigenvalue weighted by Crippen LogP contribution is 2.19. The van der Waals surface area contributed by atoms with Crippen molar-refractivity contribution in [1.29, 1.82) is 0 Å². The van der Waals surface area contributed by atoms with Gasteiger partial charge >= 0.3 is 0 Å². The molecule has 4 nitrogen and oxygen atoms in total. The Kier molecular flexibility index (Phi) is 5.82. The maximum absolute atomic E-state index is 11.2. The fraction of sp³-hybridized carbons (Fsp3) is 0.500. The fourth-order valence-electron chi connectivity index (χ4n) is 1.74. The molecule has 1 rings (SSSR count). The Morgan fingerprint density at radius 3 is 2.39 bits per heavy atom. The third-order valence-corrected chi connectivity index (χ3v) is 2.86. The molecule has 0 spiro atoms. The van der Waals surface area contributed by atoms with Crippen molar-refractivity contribution in [1.82, 2.24) is 5.32 Å². The maximum atomic E-state index is 11.2. The second kappa shape index (κ2) is 7.13. The van der Waals surface area contributed by atoms with Crippen LogP contribution >= 0.6 is 0 Å². The van der Waals surface area contributed by atoms with E-state index in [1.54, 1.807) is 0 Å². The SMILES string of the molecule is CCNC(C)C(O)c1ccc(NC(=O)CC)cc1. The van der Waals surface area contributed by atoms with Gasteiger partial charge in [-0.1, -0.05) is 26.0 Å². The van der Waals surface area contributed by atoms with Crippen LogP contribution in [0.15, 0.2) is 24.3 Å². The summed E-state index contributed by atoms with van der Waals surface area (Å²) in [7, 11) is 0. The van der Waals surface area contributed by atoms with Crippen LogP contribution < -0.4 is 10.6 Å². The van der Waals surface area contributed by atoms with Gasteiger partial charge in [-0.25, -0.2) is 0 Å². The van der Waals surface area contributed by atoms with E-state index in [4.69, 9.17) is 0 Å². The van der Waals surface area contributed by atoms with E-state index in [0.29, 0.717) is 6.42 Å². The quantitative estimate of drug-likeness (QED) is 0.724. The predicted molar refractivity (Wildman–Crippen MR) is 73.5 cm³/mol. The number of carbonyl (C=O) groups is 1. The third kappa shape index (κ3) is 4.13. The minimum absolute atomic E-state index is 0.00563. The van der Waals surface area contributed by atoms with Gasteiger partial charge in [0.05, 0.1) is 6.10 Å². The minimum atomic E-state index is -0.541. The summed E-state index contributed by atoms with van der Waals surface area (Å²) in [5, 5.41) is 16.0. The van der Waals surface area contributed by atoms with Crippen LogP contribution in [0.2, 0.25) is 0 Å². The molecule has 0 saturated carbocycles. The van der Waals surface area contributed by atoms with Gasteiger partial charge in [0.2, 0.25) is 5.91 Å². The van der Waals surface area contributed by atoms with Crippen molar-refractivity contribution in [2.24, 2.45) is 0 Å². The largest absolute Gasteiger partial charge is 0.387 e. The van der Waals surface area contributed by atoms with Gasteiger partial charge in [-0.15, -0.1) is 0 Å². The molecule has 0 bridgehead atoms. The number of aliphatic hydroxyl groups excluding tert-OH is 1. The summed E-state index contributed by atoms with van der Waals surface area (Å²) in [5.41, 5.74) is 1.60. The van der Waals surface area contributed by atoms with E-state index < -0.39 is 6.10 Å². The molecule has 0 aliphatic rings. The molecular weight excluding hydrogens is 228 g/mol. The number of amides is 1. The molecule has 18 heavy (non-hydrogen) atoms. The summed E-state index contributed by atoms with van der Waals surface area (Å²) >= 11 is 0. The number of aliphatic hydroxyl groups is 1. The van der Waals surface area contributed by atoms with Crippen molar-refractivity contribution in [2.75, 3.05) is 11.9 Å². The Morgan fingerprint density at radius 1 is 1.28 bits per heavy atom. The molecule has 0 aromatic heterocycles. The summed E-state index contributed by atoms with van der Waals surface area (Å²) in [6.07, 6.45) is -0.0807. The summed E-state index contributed by atoms with van der Waals surface area (Å²) in [5.74, 6) is -0.00989. The highest BCUT2D eigenvalue weighted by Gasteiger charge is 2.14. The van der Waals surface area contributed by atoms with E-state index in [2.05, 4.69) is 10.6 Å².